The maximum atomic E-state index is 12.7. The van der Waals surface area contributed by atoms with E-state index in [0.29, 0.717) is 22.4 Å². The number of benzene rings is 2. The number of nitrogen functional groups attached to an aromatic ring is 1. The van der Waals surface area contributed by atoms with Crippen molar-refractivity contribution in [1.29, 1.82) is 0 Å². The summed E-state index contributed by atoms with van der Waals surface area (Å²) < 4.78 is 11.6. The molecule has 1 aromatic heterocycles. The minimum Gasteiger partial charge on any atom is -0.493 e. The lowest BCUT2D eigenvalue weighted by atomic mass is 10.1. The van der Waals surface area contributed by atoms with Crippen LogP contribution >= 0.6 is 11.8 Å². The number of aromatic nitrogens is 3. The molecule has 0 unspecified atom stereocenters. The number of anilines is 2. The summed E-state index contributed by atoms with van der Waals surface area (Å²) in [5.74, 6) is 7.91. The van der Waals surface area contributed by atoms with Gasteiger partial charge in [0.25, 0.3) is 0 Å². The van der Waals surface area contributed by atoms with Gasteiger partial charge in [-0.15, -0.1) is 10.2 Å². The SMILES string of the molecule is COc1ccc(CSc2nnc(Nc3c(C)cc(C)cc3C)c(=O)n2N)cc1OC. The fourth-order valence-electron chi connectivity index (χ4n) is 3.18. The van der Waals surface area contributed by atoms with Crippen LogP contribution in [0.2, 0.25) is 0 Å². The van der Waals surface area contributed by atoms with Crippen LogP contribution in [0.3, 0.4) is 0 Å². The quantitative estimate of drug-likeness (QED) is 0.437. The molecule has 3 N–H and O–H groups in total. The van der Waals surface area contributed by atoms with E-state index in [9.17, 15) is 4.79 Å². The Balaban J connectivity index is 1.80. The monoisotopic (exact) mass is 427 g/mol. The summed E-state index contributed by atoms with van der Waals surface area (Å²) in [4.78, 5) is 12.7. The van der Waals surface area contributed by atoms with Gasteiger partial charge in [-0.2, -0.15) is 4.68 Å². The van der Waals surface area contributed by atoms with Crippen molar-refractivity contribution in [2.24, 2.45) is 0 Å². The van der Waals surface area contributed by atoms with Crippen LogP contribution in [0.1, 0.15) is 22.3 Å². The molecule has 8 nitrogen and oxygen atoms in total. The second-order valence-corrected chi connectivity index (χ2v) is 7.83. The maximum absolute atomic E-state index is 12.7. The summed E-state index contributed by atoms with van der Waals surface area (Å²) in [5, 5.41) is 11.6. The summed E-state index contributed by atoms with van der Waals surface area (Å²) in [6.07, 6.45) is 0. The highest BCUT2D eigenvalue weighted by molar-refractivity contribution is 7.98. The van der Waals surface area contributed by atoms with Gasteiger partial charge in [-0.25, -0.2) is 0 Å². The molecule has 0 bridgehead atoms. The molecule has 30 heavy (non-hydrogen) atoms. The molecule has 0 aliphatic rings. The van der Waals surface area contributed by atoms with E-state index in [0.717, 1.165) is 32.6 Å². The van der Waals surface area contributed by atoms with Gasteiger partial charge in [0.15, 0.2) is 11.5 Å². The highest BCUT2D eigenvalue weighted by Crippen LogP contribution is 2.30. The van der Waals surface area contributed by atoms with Crippen LogP contribution in [0.5, 0.6) is 11.5 Å². The Labute approximate surface area is 179 Å². The molecule has 1 heterocycles. The molecule has 9 heteroatoms. The Morgan fingerprint density at radius 3 is 2.33 bits per heavy atom. The lowest BCUT2D eigenvalue weighted by Crippen LogP contribution is -2.32. The van der Waals surface area contributed by atoms with Gasteiger partial charge in [-0.05, 0) is 49.6 Å². The molecule has 0 fully saturated rings. The van der Waals surface area contributed by atoms with Crippen LogP contribution < -0.4 is 26.2 Å². The Bertz CT molecular complexity index is 1110. The zero-order valence-corrected chi connectivity index (χ0v) is 18.5. The normalized spacial score (nSPS) is 10.7. The van der Waals surface area contributed by atoms with E-state index in [-0.39, 0.29) is 5.82 Å². The first-order chi connectivity index (χ1) is 14.3. The van der Waals surface area contributed by atoms with Gasteiger partial charge in [-0.1, -0.05) is 35.5 Å². The summed E-state index contributed by atoms with van der Waals surface area (Å²) in [7, 11) is 3.17. The molecule has 0 spiro atoms. The molecule has 0 saturated heterocycles. The van der Waals surface area contributed by atoms with Gasteiger partial charge in [0.05, 0.1) is 14.2 Å². The molecule has 0 radical (unpaired) electrons. The predicted octanol–water partition coefficient (Wildman–Crippen LogP) is 3.33. The Morgan fingerprint density at radius 2 is 1.70 bits per heavy atom. The van der Waals surface area contributed by atoms with Crippen molar-refractivity contribution in [3.63, 3.8) is 0 Å². The van der Waals surface area contributed by atoms with Crippen molar-refractivity contribution in [1.82, 2.24) is 14.9 Å². The van der Waals surface area contributed by atoms with Crippen molar-refractivity contribution in [2.75, 3.05) is 25.4 Å². The van der Waals surface area contributed by atoms with E-state index in [2.05, 4.69) is 15.5 Å². The smallest absolute Gasteiger partial charge is 0.315 e. The lowest BCUT2D eigenvalue weighted by Gasteiger charge is -2.14. The summed E-state index contributed by atoms with van der Waals surface area (Å²) >= 11 is 1.31. The average molecular weight is 428 g/mol. The molecule has 3 aromatic rings. The number of hydrogen-bond donors (Lipinski definition) is 2. The molecular weight excluding hydrogens is 402 g/mol. The second kappa shape index (κ2) is 9.08. The van der Waals surface area contributed by atoms with Crippen LogP contribution in [0.4, 0.5) is 11.5 Å². The Kier molecular flexibility index (Phi) is 6.51. The van der Waals surface area contributed by atoms with Gasteiger partial charge in [0.2, 0.25) is 11.0 Å². The molecule has 0 saturated carbocycles. The number of nitrogens with zero attached hydrogens (tertiary/aromatic N) is 3. The zero-order chi connectivity index (χ0) is 21.8. The van der Waals surface area contributed by atoms with Crippen LogP contribution in [0.25, 0.3) is 0 Å². The molecule has 158 valence electrons. The largest absolute Gasteiger partial charge is 0.493 e. The lowest BCUT2D eigenvalue weighted by molar-refractivity contribution is 0.354. The Hall–Kier alpha value is -3.20. The third-order valence-electron chi connectivity index (χ3n) is 4.60. The zero-order valence-electron chi connectivity index (χ0n) is 17.6. The van der Waals surface area contributed by atoms with Crippen molar-refractivity contribution in [2.45, 2.75) is 31.7 Å². The van der Waals surface area contributed by atoms with Gasteiger partial charge >= 0.3 is 5.56 Å². The van der Waals surface area contributed by atoms with Crippen LogP contribution in [0.15, 0.2) is 40.3 Å². The van der Waals surface area contributed by atoms with Gasteiger partial charge in [-0.3, -0.25) is 4.79 Å². The standard InChI is InChI=1S/C21H25N5O3S/c1-12-8-13(2)18(14(3)9-12)23-19-20(27)26(22)21(25-24-19)30-11-15-6-7-16(28-4)17(10-15)29-5/h6-10H,11,22H2,1-5H3,(H,23,24). The first kappa shape index (κ1) is 21.5. The summed E-state index contributed by atoms with van der Waals surface area (Å²) in [6.45, 7) is 5.98. The third-order valence-corrected chi connectivity index (χ3v) is 5.61. The number of thioether (sulfide) groups is 1. The average Bonchev–Trinajstić information content (AvgIpc) is 2.72. The van der Waals surface area contributed by atoms with E-state index in [1.165, 1.54) is 11.8 Å². The van der Waals surface area contributed by atoms with E-state index in [4.69, 9.17) is 15.3 Å². The first-order valence-electron chi connectivity index (χ1n) is 9.27. The molecule has 3 rings (SSSR count). The first-order valence-corrected chi connectivity index (χ1v) is 10.3. The van der Waals surface area contributed by atoms with Crippen molar-refractivity contribution >= 4 is 23.3 Å². The molecule has 0 aliphatic carbocycles. The number of ether oxygens (including phenoxy) is 2. The molecule has 2 aromatic carbocycles. The van der Waals surface area contributed by atoms with Crippen LogP contribution in [-0.4, -0.2) is 29.1 Å². The van der Waals surface area contributed by atoms with Gasteiger partial charge in [0, 0.05) is 11.4 Å². The molecular formula is C21H25N5O3S. The molecule has 0 atom stereocenters. The highest BCUT2D eigenvalue weighted by atomic mass is 32.2. The van der Waals surface area contributed by atoms with E-state index < -0.39 is 5.56 Å². The number of nitrogens with two attached hydrogens (primary N) is 1. The van der Waals surface area contributed by atoms with Crippen LogP contribution in [-0.2, 0) is 5.75 Å². The molecule has 0 aliphatic heterocycles. The van der Waals surface area contributed by atoms with Gasteiger partial charge < -0.3 is 20.6 Å². The number of aryl methyl sites for hydroxylation is 3. The topological polar surface area (TPSA) is 104 Å². The van der Waals surface area contributed by atoms with E-state index in [1.807, 2.05) is 51.1 Å². The van der Waals surface area contributed by atoms with Crippen molar-refractivity contribution in [3.8, 4) is 11.5 Å². The highest BCUT2D eigenvalue weighted by Gasteiger charge is 2.14. The van der Waals surface area contributed by atoms with Crippen molar-refractivity contribution in [3.05, 3.63) is 62.9 Å². The number of methoxy groups -OCH3 is 2. The number of rotatable bonds is 7. The number of hydrogen-bond acceptors (Lipinski definition) is 8. The van der Waals surface area contributed by atoms with E-state index in [1.54, 1.807) is 14.2 Å². The molecule has 0 amide bonds. The fourth-order valence-corrected chi connectivity index (χ4v) is 3.97. The summed E-state index contributed by atoms with van der Waals surface area (Å²) in [6, 6.07) is 9.69. The minimum atomic E-state index is -0.445. The predicted molar refractivity (Wildman–Crippen MR) is 119 cm³/mol. The third kappa shape index (κ3) is 4.51. The maximum Gasteiger partial charge on any atom is 0.315 e. The van der Waals surface area contributed by atoms with Crippen LogP contribution in [0, 0.1) is 20.8 Å². The fraction of sp³-hybridized carbons (Fsp3) is 0.286. The minimum absolute atomic E-state index is 0.0861. The second-order valence-electron chi connectivity index (χ2n) is 6.88. The summed E-state index contributed by atoms with van der Waals surface area (Å²) in [5.41, 5.74) is 4.55. The van der Waals surface area contributed by atoms with Gasteiger partial charge in [0.1, 0.15) is 0 Å². The Morgan fingerprint density at radius 1 is 1.03 bits per heavy atom. The van der Waals surface area contributed by atoms with Crippen molar-refractivity contribution < 1.29 is 9.47 Å². The van der Waals surface area contributed by atoms with E-state index >= 15 is 0 Å². The number of nitrogens with one attached hydrogen (secondary N) is 1.